The van der Waals surface area contributed by atoms with E-state index in [0.717, 1.165) is 18.7 Å². The average Bonchev–Trinajstić information content (AvgIpc) is 3.20. The molecule has 27 heavy (non-hydrogen) atoms. The maximum atomic E-state index is 13.6. The summed E-state index contributed by atoms with van der Waals surface area (Å²) in [6.07, 6.45) is 4.77. The van der Waals surface area contributed by atoms with Crippen molar-refractivity contribution in [1.82, 2.24) is 9.88 Å². The van der Waals surface area contributed by atoms with E-state index in [4.69, 9.17) is 9.47 Å². The normalized spacial score (nSPS) is 14.2. The van der Waals surface area contributed by atoms with Crippen molar-refractivity contribution < 1.29 is 13.9 Å². The molecule has 0 amide bonds. The third kappa shape index (κ3) is 5.23. The number of anilines is 3. The van der Waals surface area contributed by atoms with Gasteiger partial charge in [0.05, 0.1) is 25.6 Å². The zero-order chi connectivity index (χ0) is 19.1. The van der Waals surface area contributed by atoms with E-state index >= 15 is 0 Å². The molecule has 0 radical (unpaired) electrons. The van der Waals surface area contributed by atoms with Crippen LogP contribution in [0.4, 0.5) is 21.6 Å². The van der Waals surface area contributed by atoms with Gasteiger partial charge in [0.25, 0.3) is 0 Å². The van der Waals surface area contributed by atoms with Crippen LogP contribution in [0.1, 0.15) is 19.3 Å². The van der Waals surface area contributed by atoms with E-state index in [1.165, 1.54) is 32.1 Å². The van der Waals surface area contributed by atoms with Crippen LogP contribution in [0.15, 0.2) is 30.5 Å². The predicted molar refractivity (Wildman–Crippen MR) is 106 cm³/mol. The first-order valence-corrected chi connectivity index (χ1v) is 9.33. The van der Waals surface area contributed by atoms with E-state index < -0.39 is 0 Å². The van der Waals surface area contributed by atoms with Crippen LogP contribution >= 0.6 is 0 Å². The molecule has 1 aromatic heterocycles. The monoisotopic (exact) mass is 374 g/mol. The molecule has 0 saturated carbocycles. The number of hydrogen-bond acceptors (Lipinski definition) is 6. The van der Waals surface area contributed by atoms with E-state index in [-0.39, 0.29) is 5.82 Å². The molecule has 1 aliphatic heterocycles. The maximum absolute atomic E-state index is 13.6. The predicted octanol–water partition coefficient (Wildman–Crippen LogP) is 3.88. The summed E-state index contributed by atoms with van der Waals surface area (Å²) < 4.78 is 24.9. The lowest BCUT2D eigenvalue weighted by Gasteiger charge is -2.16. The maximum Gasteiger partial charge on any atom is 0.164 e. The summed E-state index contributed by atoms with van der Waals surface area (Å²) in [7, 11) is 3.30. The van der Waals surface area contributed by atoms with Crippen molar-refractivity contribution in [2.45, 2.75) is 19.3 Å². The molecule has 0 atom stereocenters. The molecular formula is C20H27FN4O2. The Balaban J connectivity index is 1.62. The largest absolute Gasteiger partial charge is 0.493 e. The summed E-state index contributed by atoms with van der Waals surface area (Å²) in [4.78, 5) is 6.54. The molecule has 146 valence electrons. The fourth-order valence-electron chi connectivity index (χ4n) is 3.19. The minimum Gasteiger partial charge on any atom is -0.493 e. The lowest BCUT2D eigenvalue weighted by atomic mass is 10.2. The van der Waals surface area contributed by atoms with Gasteiger partial charge in [-0.25, -0.2) is 9.37 Å². The van der Waals surface area contributed by atoms with Crippen molar-refractivity contribution in [2.24, 2.45) is 0 Å². The van der Waals surface area contributed by atoms with E-state index in [2.05, 4.69) is 20.5 Å². The van der Waals surface area contributed by atoms with Crippen LogP contribution in [-0.2, 0) is 0 Å². The highest BCUT2D eigenvalue weighted by Crippen LogP contribution is 2.32. The first kappa shape index (κ1) is 19.2. The minimum atomic E-state index is -0.389. The highest BCUT2D eigenvalue weighted by Gasteiger charge is 2.12. The molecule has 1 aliphatic rings. The van der Waals surface area contributed by atoms with Crippen molar-refractivity contribution in [3.63, 3.8) is 0 Å². The number of ether oxygens (including phenoxy) is 2. The van der Waals surface area contributed by atoms with Crippen molar-refractivity contribution >= 4 is 17.2 Å². The number of nitrogens with one attached hydrogen (secondary N) is 2. The van der Waals surface area contributed by atoms with Crippen molar-refractivity contribution in [3.8, 4) is 11.5 Å². The molecule has 6 nitrogen and oxygen atoms in total. The topological polar surface area (TPSA) is 58.6 Å². The smallest absolute Gasteiger partial charge is 0.164 e. The number of benzene rings is 1. The van der Waals surface area contributed by atoms with Crippen molar-refractivity contribution in [1.29, 1.82) is 0 Å². The molecule has 3 rings (SSSR count). The SMILES string of the molecule is CNc1cc(Nc2ccc(OC)c(OCCCN3CCCC3)c2)ncc1F. The highest BCUT2D eigenvalue weighted by molar-refractivity contribution is 5.64. The number of nitrogens with zero attached hydrogens (tertiary/aromatic N) is 2. The van der Waals surface area contributed by atoms with Gasteiger partial charge in [-0.2, -0.15) is 0 Å². The van der Waals surface area contributed by atoms with Crippen LogP contribution in [0.2, 0.25) is 0 Å². The van der Waals surface area contributed by atoms with E-state index in [1.807, 2.05) is 18.2 Å². The lowest BCUT2D eigenvalue weighted by molar-refractivity contribution is 0.254. The molecule has 0 spiro atoms. The molecular weight excluding hydrogens is 347 g/mol. The Hall–Kier alpha value is -2.54. The van der Waals surface area contributed by atoms with Crippen LogP contribution in [0.25, 0.3) is 0 Å². The third-order valence-corrected chi connectivity index (χ3v) is 4.64. The second-order valence-corrected chi connectivity index (χ2v) is 6.54. The summed E-state index contributed by atoms with van der Waals surface area (Å²) in [5.41, 5.74) is 1.19. The molecule has 7 heteroatoms. The number of hydrogen-bond donors (Lipinski definition) is 2. The van der Waals surface area contributed by atoms with Gasteiger partial charge in [0, 0.05) is 31.4 Å². The fraction of sp³-hybridized carbons (Fsp3) is 0.450. The van der Waals surface area contributed by atoms with Crippen molar-refractivity contribution in [2.75, 3.05) is 51.0 Å². The first-order chi connectivity index (χ1) is 13.2. The number of halogens is 1. The Morgan fingerprint density at radius 2 is 2.00 bits per heavy atom. The molecule has 1 saturated heterocycles. The molecule has 2 heterocycles. The fourth-order valence-corrected chi connectivity index (χ4v) is 3.19. The Kier molecular flexibility index (Phi) is 6.70. The van der Waals surface area contributed by atoms with Gasteiger partial charge in [0.2, 0.25) is 0 Å². The Labute approximate surface area is 159 Å². The van der Waals surface area contributed by atoms with Gasteiger partial charge in [0.15, 0.2) is 17.3 Å². The Morgan fingerprint density at radius 3 is 2.74 bits per heavy atom. The summed E-state index contributed by atoms with van der Waals surface area (Å²) in [5.74, 6) is 1.52. The number of methoxy groups -OCH3 is 1. The molecule has 2 aromatic rings. The van der Waals surface area contributed by atoms with E-state index in [9.17, 15) is 4.39 Å². The van der Waals surface area contributed by atoms with Crippen LogP contribution < -0.4 is 20.1 Å². The van der Waals surface area contributed by atoms with Crippen LogP contribution in [0.5, 0.6) is 11.5 Å². The van der Waals surface area contributed by atoms with Crippen molar-refractivity contribution in [3.05, 3.63) is 36.3 Å². The second-order valence-electron chi connectivity index (χ2n) is 6.54. The standard InChI is InChI=1S/C20H27FN4O2/c1-22-17-13-20(23-14-16(17)21)24-15-6-7-18(26-2)19(12-15)27-11-5-10-25-8-3-4-9-25/h6-7,12-14H,3-5,8-11H2,1-2H3,(H2,22,23,24). The third-order valence-electron chi connectivity index (χ3n) is 4.64. The van der Waals surface area contributed by atoms with E-state index in [0.29, 0.717) is 29.6 Å². The van der Waals surface area contributed by atoms with Gasteiger partial charge >= 0.3 is 0 Å². The molecule has 2 N–H and O–H groups in total. The summed E-state index contributed by atoms with van der Waals surface area (Å²) in [6.45, 7) is 4.09. The molecule has 1 aromatic carbocycles. The van der Waals surface area contributed by atoms with Gasteiger partial charge < -0.3 is 25.0 Å². The van der Waals surface area contributed by atoms with E-state index in [1.54, 1.807) is 20.2 Å². The Morgan fingerprint density at radius 1 is 1.19 bits per heavy atom. The number of pyridine rings is 1. The van der Waals surface area contributed by atoms with Gasteiger partial charge in [-0.05, 0) is 44.5 Å². The second kappa shape index (κ2) is 9.41. The first-order valence-electron chi connectivity index (χ1n) is 9.33. The zero-order valence-corrected chi connectivity index (χ0v) is 15.9. The van der Waals surface area contributed by atoms with Crippen LogP contribution in [0.3, 0.4) is 0 Å². The summed E-state index contributed by atoms with van der Waals surface area (Å²) >= 11 is 0. The number of rotatable bonds is 9. The van der Waals surface area contributed by atoms with Gasteiger partial charge in [-0.15, -0.1) is 0 Å². The highest BCUT2D eigenvalue weighted by atomic mass is 19.1. The van der Waals surface area contributed by atoms with Gasteiger partial charge in [-0.3, -0.25) is 0 Å². The van der Waals surface area contributed by atoms with Crippen LogP contribution in [-0.4, -0.2) is 50.3 Å². The average molecular weight is 374 g/mol. The molecule has 0 bridgehead atoms. The molecule has 0 unspecified atom stereocenters. The summed E-state index contributed by atoms with van der Waals surface area (Å²) in [5, 5.41) is 5.98. The number of aromatic nitrogens is 1. The molecule has 0 aliphatic carbocycles. The van der Waals surface area contributed by atoms with Gasteiger partial charge in [-0.1, -0.05) is 0 Å². The van der Waals surface area contributed by atoms with Crippen LogP contribution in [0, 0.1) is 5.82 Å². The minimum absolute atomic E-state index is 0.388. The van der Waals surface area contributed by atoms with Gasteiger partial charge in [0.1, 0.15) is 5.82 Å². The number of likely N-dealkylation sites (tertiary alicyclic amines) is 1. The zero-order valence-electron chi connectivity index (χ0n) is 15.9. The molecule has 1 fully saturated rings. The quantitative estimate of drug-likeness (QED) is 0.650. The lowest BCUT2D eigenvalue weighted by Crippen LogP contribution is -2.21. The summed E-state index contributed by atoms with van der Waals surface area (Å²) in [6, 6.07) is 7.22. The Bertz CT molecular complexity index is 751.